The van der Waals surface area contributed by atoms with Crippen molar-refractivity contribution in [1.82, 2.24) is 25.2 Å². The van der Waals surface area contributed by atoms with E-state index in [2.05, 4.69) is 15.4 Å². The third-order valence-electron chi connectivity index (χ3n) is 10.5. The van der Waals surface area contributed by atoms with Crippen LogP contribution in [-0.4, -0.2) is 100 Å². The number of carbonyl (C=O) groups excluding carboxylic acids is 3. The summed E-state index contributed by atoms with van der Waals surface area (Å²) in [5.74, 6) is 0.559. The Morgan fingerprint density at radius 1 is 0.982 bits per heavy atom. The van der Waals surface area contributed by atoms with Gasteiger partial charge in [-0.15, -0.1) is 0 Å². The molecular weight excluding hydrogens is 746 g/mol. The van der Waals surface area contributed by atoms with E-state index in [1.54, 1.807) is 24.1 Å². The van der Waals surface area contributed by atoms with Gasteiger partial charge in [-0.05, 0) is 74.1 Å². The van der Waals surface area contributed by atoms with Crippen LogP contribution in [0.15, 0.2) is 54.6 Å². The Kier molecular flexibility index (Phi) is 15.1. The average Bonchev–Trinajstić information content (AvgIpc) is 3.19. The second-order valence-corrected chi connectivity index (χ2v) is 16.6. The minimum atomic E-state index is -3.34. The van der Waals surface area contributed by atoms with Crippen LogP contribution in [-0.2, 0) is 32.7 Å². The molecule has 0 bridgehead atoms. The number of amides is 3. The summed E-state index contributed by atoms with van der Waals surface area (Å²) in [5.41, 5.74) is 13.4. The van der Waals surface area contributed by atoms with Crippen LogP contribution < -0.4 is 36.3 Å². The summed E-state index contributed by atoms with van der Waals surface area (Å²) in [6.45, 7) is 1.43. The molecule has 16 heteroatoms. The maximum atomic E-state index is 14.6. The van der Waals surface area contributed by atoms with E-state index in [1.165, 1.54) is 4.90 Å². The van der Waals surface area contributed by atoms with Crippen LogP contribution in [0.1, 0.15) is 56.1 Å². The number of piperazine rings is 1. The van der Waals surface area contributed by atoms with Crippen molar-refractivity contribution < 1.29 is 32.3 Å². The van der Waals surface area contributed by atoms with Crippen molar-refractivity contribution in [2.45, 2.75) is 76.2 Å². The van der Waals surface area contributed by atoms with Crippen molar-refractivity contribution in [3.05, 3.63) is 70.7 Å². The Hall–Kier alpha value is -3.99. The van der Waals surface area contributed by atoms with Crippen molar-refractivity contribution in [2.24, 2.45) is 17.4 Å². The highest BCUT2D eigenvalue weighted by molar-refractivity contribution is 7.88. The third kappa shape index (κ3) is 11.5. The van der Waals surface area contributed by atoms with Gasteiger partial charge in [-0.2, -0.15) is 0 Å². The number of benzene rings is 3. The van der Waals surface area contributed by atoms with E-state index in [1.807, 2.05) is 42.5 Å². The van der Waals surface area contributed by atoms with Crippen molar-refractivity contribution in [1.29, 1.82) is 0 Å². The molecule has 300 valence electrons. The summed E-state index contributed by atoms with van der Waals surface area (Å²) in [6, 6.07) is 14.9. The van der Waals surface area contributed by atoms with E-state index in [0.29, 0.717) is 49.0 Å². The Morgan fingerprint density at radius 2 is 1.75 bits per heavy atom. The van der Waals surface area contributed by atoms with Gasteiger partial charge in [0.05, 0.1) is 31.0 Å². The number of hydrogen-bond donors (Lipinski definition) is 5. The summed E-state index contributed by atoms with van der Waals surface area (Å²) in [6.07, 6.45) is 5.62. The highest BCUT2D eigenvalue weighted by atomic mass is 35.5. The van der Waals surface area contributed by atoms with Gasteiger partial charge < -0.3 is 41.4 Å². The Balaban J connectivity index is 1.35. The number of nitrogens with zero attached hydrogens (tertiary/aromatic N) is 2. The first-order chi connectivity index (χ1) is 26.4. The van der Waals surface area contributed by atoms with Gasteiger partial charge in [0, 0.05) is 49.7 Å². The van der Waals surface area contributed by atoms with E-state index in [9.17, 15) is 22.8 Å². The number of ether oxygens (including phenoxy) is 2. The normalized spacial score (nSPS) is 19.5. The lowest BCUT2D eigenvalue weighted by molar-refractivity contribution is -0.145. The number of methoxy groups -OCH3 is 1. The molecule has 1 saturated carbocycles. The lowest BCUT2D eigenvalue weighted by atomic mass is 9.85. The number of nitrogens with one attached hydrogen (secondary N) is 3. The Bertz CT molecular complexity index is 1910. The zero-order valence-corrected chi connectivity index (χ0v) is 33.2. The van der Waals surface area contributed by atoms with E-state index in [0.717, 1.165) is 53.8 Å². The molecule has 3 aromatic rings. The zero-order valence-electron chi connectivity index (χ0n) is 31.6. The van der Waals surface area contributed by atoms with Crippen molar-refractivity contribution in [3.8, 4) is 11.5 Å². The lowest BCUT2D eigenvalue weighted by Gasteiger charge is -2.42. The first kappa shape index (κ1) is 42.2. The van der Waals surface area contributed by atoms with Gasteiger partial charge in [-0.3, -0.25) is 9.59 Å². The molecule has 1 aliphatic heterocycles. The number of fused-ring (bicyclic) bond motifs is 1. The largest absolute Gasteiger partial charge is 0.496 e. The second-order valence-electron chi connectivity index (χ2n) is 14.4. The molecule has 1 aliphatic carbocycles. The number of nitrogens with two attached hydrogens (primary N) is 2. The van der Waals surface area contributed by atoms with E-state index in [-0.39, 0.29) is 50.4 Å². The standard InChI is InChI=1S/C39H54ClN7O7S/c1-53-35-21-27(10-13-29(35)23-42)24-43-37(48)33-25-46(39(50)54-34-17-14-28-7-3-4-8-31(28)36(34)40)19-20-47(33)38(49)32(9-5-6-18-44-55(2,51)52)45-30-15-11-26(22-41)12-16-30/h3-4,7-8,10,13-14,17,21,26,30,32-33,44-45H,5-6,9,11-12,15-16,18-20,22-25,41-42H2,1-2H3,(H,43,48)/t26?,30?,32-,33+/m1/s1. The molecule has 1 heterocycles. The van der Waals surface area contributed by atoms with Crippen LogP contribution in [0.25, 0.3) is 10.8 Å². The van der Waals surface area contributed by atoms with Crippen LogP contribution in [0.5, 0.6) is 11.5 Å². The molecule has 14 nitrogen and oxygen atoms in total. The summed E-state index contributed by atoms with van der Waals surface area (Å²) in [4.78, 5) is 45.3. The number of halogens is 1. The lowest BCUT2D eigenvalue weighted by Crippen LogP contribution is -2.64. The first-order valence-corrected chi connectivity index (χ1v) is 21.2. The molecule has 0 aromatic heterocycles. The minimum Gasteiger partial charge on any atom is -0.496 e. The second kappa shape index (κ2) is 19.7. The summed E-state index contributed by atoms with van der Waals surface area (Å²) < 4.78 is 37.0. The number of rotatable bonds is 16. The molecular formula is C39H54ClN7O7S. The quantitative estimate of drug-likeness (QED) is 0.134. The monoisotopic (exact) mass is 799 g/mol. The molecule has 2 aliphatic rings. The predicted octanol–water partition coefficient (Wildman–Crippen LogP) is 3.48. The zero-order chi connectivity index (χ0) is 39.5. The summed E-state index contributed by atoms with van der Waals surface area (Å²) in [7, 11) is -1.79. The topological polar surface area (TPSA) is 198 Å². The Labute approximate surface area is 328 Å². The molecule has 3 aromatic carbocycles. The van der Waals surface area contributed by atoms with Crippen LogP contribution >= 0.6 is 11.6 Å². The van der Waals surface area contributed by atoms with Gasteiger partial charge in [0.2, 0.25) is 21.8 Å². The maximum absolute atomic E-state index is 14.6. The number of unbranched alkanes of at least 4 members (excludes halogenated alkanes) is 1. The van der Waals surface area contributed by atoms with Crippen LogP contribution in [0, 0.1) is 5.92 Å². The van der Waals surface area contributed by atoms with Crippen molar-refractivity contribution >= 4 is 50.3 Å². The predicted molar refractivity (Wildman–Crippen MR) is 213 cm³/mol. The molecule has 0 unspecified atom stereocenters. The maximum Gasteiger partial charge on any atom is 0.415 e. The molecule has 5 rings (SSSR count). The molecule has 7 N–H and O–H groups in total. The van der Waals surface area contributed by atoms with Gasteiger partial charge in [0.25, 0.3) is 0 Å². The van der Waals surface area contributed by atoms with Gasteiger partial charge in [0.1, 0.15) is 11.8 Å². The molecule has 2 atom stereocenters. The van der Waals surface area contributed by atoms with Gasteiger partial charge in [0.15, 0.2) is 5.75 Å². The summed E-state index contributed by atoms with van der Waals surface area (Å²) in [5, 5.41) is 8.49. The molecule has 1 saturated heterocycles. The SMILES string of the molecule is COc1cc(CNC(=O)[C@@H]2CN(C(=O)Oc3ccc4ccccc4c3Cl)CCN2C(=O)[C@@H](CCCCNS(C)(=O)=O)NC2CCC(CN)CC2)ccc1CN. The van der Waals surface area contributed by atoms with E-state index < -0.39 is 34.1 Å². The fourth-order valence-corrected chi connectivity index (χ4v) is 8.11. The highest BCUT2D eigenvalue weighted by Gasteiger charge is 2.40. The first-order valence-electron chi connectivity index (χ1n) is 18.9. The number of sulfonamides is 1. The smallest absolute Gasteiger partial charge is 0.415 e. The van der Waals surface area contributed by atoms with Crippen molar-refractivity contribution in [3.63, 3.8) is 0 Å². The van der Waals surface area contributed by atoms with Gasteiger partial charge in [-0.25, -0.2) is 17.9 Å². The number of carbonyl (C=O) groups is 3. The minimum absolute atomic E-state index is 0.0875. The molecule has 2 fully saturated rings. The Morgan fingerprint density at radius 3 is 2.45 bits per heavy atom. The fourth-order valence-electron chi connectivity index (χ4n) is 7.32. The number of hydrogen-bond acceptors (Lipinski definition) is 10. The van der Waals surface area contributed by atoms with E-state index in [4.69, 9.17) is 32.5 Å². The molecule has 0 spiro atoms. The molecule has 0 radical (unpaired) electrons. The third-order valence-corrected chi connectivity index (χ3v) is 11.6. The highest BCUT2D eigenvalue weighted by Crippen LogP contribution is 2.33. The molecule has 3 amide bonds. The fraction of sp³-hybridized carbons (Fsp3) is 0.513. The molecule has 55 heavy (non-hydrogen) atoms. The van der Waals surface area contributed by atoms with Gasteiger partial charge >= 0.3 is 6.09 Å². The van der Waals surface area contributed by atoms with Crippen LogP contribution in [0.2, 0.25) is 5.02 Å². The van der Waals surface area contributed by atoms with Crippen LogP contribution in [0.3, 0.4) is 0 Å². The van der Waals surface area contributed by atoms with Gasteiger partial charge in [-0.1, -0.05) is 60.5 Å². The average molecular weight is 800 g/mol. The van der Waals surface area contributed by atoms with Crippen LogP contribution in [0.4, 0.5) is 4.79 Å². The van der Waals surface area contributed by atoms with Crippen molar-refractivity contribution in [2.75, 3.05) is 46.1 Å². The summed E-state index contributed by atoms with van der Waals surface area (Å²) >= 11 is 6.65. The van der Waals surface area contributed by atoms with E-state index >= 15 is 0 Å².